The molecule has 0 spiro atoms. The van der Waals surface area contributed by atoms with Crippen molar-refractivity contribution in [1.29, 1.82) is 0 Å². The Labute approximate surface area is 173 Å². The maximum atomic E-state index is 12.9. The van der Waals surface area contributed by atoms with E-state index in [4.69, 9.17) is 4.98 Å². The molecule has 1 N–H and O–H groups in total. The monoisotopic (exact) mass is 424 g/mol. The highest BCUT2D eigenvalue weighted by Crippen LogP contribution is 2.28. The quantitative estimate of drug-likeness (QED) is 0.525. The molecule has 11 heteroatoms. The molecule has 1 aliphatic rings. The van der Waals surface area contributed by atoms with E-state index in [0.29, 0.717) is 42.4 Å². The Bertz CT molecular complexity index is 1280. The van der Waals surface area contributed by atoms with E-state index in [1.54, 1.807) is 36.7 Å². The molecule has 5 rings (SSSR count). The van der Waals surface area contributed by atoms with Crippen LogP contribution < -0.4 is 4.90 Å². The average Bonchev–Trinajstić information content (AvgIpc) is 3.43. The molecule has 0 aliphatic carbocycles. The van der Waals surface area contributed by atoms with Crippen molar-refractivity contribution in [3.63, 3.8) is 0 Å². The van der Waals surface area contributed by atoms with Gasteiger partial charge >= 0.3 is 0 Å². The van der Waals surface area contributed by atoms with Crippen molar-refractivity contribution in [2.75, 3.05) is 31.1 Å². The summed E-state index contributed by atoms with van der Waals surface area (Å²) in [6.45, 7) is 1.81. The van der Waals surface area contributed by atoms with E-state index in [0.717, 1.165) is 17.0 Å². The van der Waals surface area contributed by atoms with Crippen molar-refractivity contribution in [2.45, 2.75) is 4.90 Å². The summed E-state index contributed by atoms with van der Waals surface area (Å²) >= 11 is 0. The smallest absolute Gasteiger partial charge is 0.243 e. The summed E-state index contributed by atoms with van der Waals surface area (Å²) in [6, 6.07) is 8.53. The van der Waals surface area contributed by atoms with Crippen LogP contribution in [0.5, 0.6) is 0 Å². The molecule has 10 nitrogen and oxygen atoms in total. The van der Waals surface area contributed by atoms with Gasteiger partial charge in [-0.3, -0.25) is 5.10 Å². The molecule has 4 aromatic rings. The number of piperazine rings is 1. The van der Waals surface area contributed by atoms with Crippen molar-refractivity contribution in [3.8, 4) is 11.4 Å². The van der Waals surface area contributed by atoms with Gasteiger partial charge in [0.05, 0.1) is 16.7 Å². The Morgan fingerprint density at radius 3 is 2.50 bits per heavy atom. The van der Waals surface area contributed by atoms with Crippen LogP contribution in [0.1, 0.15) is 0 Å². The van der Waals surface area contributed by atoms with Crippen LogP contribution in [0.2, 0.25) is 0 Å². The van der Waals surface area contributed by atoms with Gasteiger partial charge in [-0.05, 0) is 12.1 Å². The van der Waals surface area contributed by atoms with Crippen molar-refractivity contribution >= 4 is 27.0 Å². The first-order valence-corrected chi connectivity index (χ1v) is 11.0. The lowest BCUT2D eigenvalue weighted by Gasteiger charge is -2.34. The van der Waals surface area contributed by atoms with Crippen LogP contribution in [0.4, 0.5) is 5.82 Å². The Hall–Kier alpha value is -3.31. The number of sulfonamides is 1. The van der Waals surface area contributed by atoms with Gasteiger partial charge in [0, 0.05) is 39.4 Å². The standard InChI is InChI=1S/C19H20N8O2S/c1-25-17(14-11-22-23-12-14)24-16-18(25)20-13-21-19(16)26-7-9-27(10-8-26)30(28,29)15-5-3-2-4-6-15/h2-6,11-13H,7-10H2,1H3,(H,22,23). The summed E-state index contributed by atoms with van der Waals surface area (Å²) in [4.78, 5) is 16.0. The lowest BCUT2D eigenvalue weighted by atomic mass is 10.3. The number of hydrogen-bond acceptors (Lipinski definition) is 7. The van der Waals surface area contributed by atoms with Gasteiger partial charge in [-0.1, -0.05) is 18.2 Å². The summed E-state index contributed by atoms with van der Waals surface area (Å²) in [5.74, 6) is 1.45. The first-order valence-electron chi connectivity index (χ1n) is 9.52. The second kappa shape index (κ2) is 7.18. The van der Waals surface area contributed by atoms with Crippen LogP contribution in [-0.2, 0) is 17.1 Å². The Kier molecular flexibility index (Phi) is 4.48. The van der Waals surface area contributed by atoms with Crippen molar-refractivity contribution in [2.24, 2.45) is 7.05 Å². The molecule has 154 valence electrons. The van der Waals surface area contributed by atoms with Crippen LogP contribution >= 0.6 is 0 Å². The van der Waals surface area contributed by atoms with Crippen molar-refractivity contribution in [3.05, 3.63) is 49.1 Å². The fourth-order valence-corrected chi connectivity index (χ4v) is 5.18. The van der Waals surface area contributed by atoms with Gasteiger partial charge in [0.15, 0.2) is 17.0 Å². The fourth-order valence-electron chi connectivity index (χ4n) is 3.73. The number of aromatic nitrogens is 6. The Morgan fingerprint density at radius 1 is 1.03 bits per heavy atom. The maximum absolute atomic E-state index is 12.9. The normalized spacial score (nSPS) is 15.7. The number of aromatic amines is 1. The highest BCUT2D eigenvalue weighted by molar-refractivity contribution is 7.89. The van der Waals surface area contributed by atoms with E-state index in [1.165, 1.54) is 10.6 Å². The summed E-state index contributed by atoms with van der Waals surface area (Å²) in [6.07, 6.45) is 5.01. The zero-order valence-electron chi connectivity index (χ0n) is 16.3. The molecule has 4 heterocycles. The third-order valence-electron chi connectivity index (χ3n) is 5.31. The molecular weight excluding hydrogens is 404 g/mol. The molecular formula is C19H20N8O2S. The maximum Gasteiger partial charge on any atom is 0.243 e. The summed E-state index contributed by atoms with van der Waals surface area (Å²) < 4.78 is 29.2. The highest BCUT2D eigenvalue weighted by Gasteiger charge is 2.30. The van der Waals surface area contributed by atoms with Crippen LogP contribution in [0, 0.1) is 0 Å². The van der Waals surface area contributed by atoms with Crippen molar-refractivity contribution < 1.29 is 8.42 Å². The van der Waals surface area contributed by atoms with Gasteiger partial charge in [0.2, 0.25) is 10.0 Å². The third kappa shape index (κ3) is 3.02. The van der Waals surface area contributed by atoms with Gasteiger partial charge in [0.1, 0.15) is 12.2 Å². The number of nitrogens with one attached hydrogen (secondary N) is 1. The minimum atomic E-state index is -3.50. The fraction of sp³-hybridized carbons (Fsp3) is 0.263. The molecule has 30 heavy (non-hydrogen) atoms. The molecule has 0 unspecified atom stereocenters. The SMILES string of the molecule is Cn1c(-c2cn[nH]c2)nc2c(N3CCN(S(=O)(=O)c4ccccc4)CC3)ncnc21. The molecule has 1 aromatic carbocycles. The molecule has 0 radical (unpaired) electrons. The zero-order valence-corrected chi connectivity index (χ0v) is 17.1. The van der Waals surface area contributed by atoms with Gasteiger partial charge in [-0.25, -0.2) is 23.4 Å². The second-order valence-electron chi connectivity index (χ2n) is 7.06. The molecule has 1 saturated heterocycles. The van der Waals surface area contributed by atoms with Crippen LogP contribution in [-0.4, -0.2) is 68.6 Å². The third-order valence-corrected chi connectivity index (χ3v) is 7.23. The lowest BCUT2D eigenvalue weighted by Crippen LogP contribution is -2.49. The van der Waals surface area contributed by atoms with Crippen LogP contribution in [0.15, 0.2) is 53.9 Å². The number of anilines is 1. The molecule has 3 aromatic heterocycles. The molecule has 0 saturated carbocycles. The van der Waals surface area contributed by atoms with E-state index in [-0.39, 0.29) is 0 Å². The second-order valence-corrected chi connectivity index (χ2v) is 8.99. The largest absolute Gasteiger partial charge is 0.352 e. The number of benzene rings is 1. The number of hydrogen-bond donors (Lipinski definition) is 1. The number of nitrogens with zero attached hydrogens (tertiary/aromatic N) is 7. The average molecular weight is 424 g/mol. The number of rotatable bonds is 4. The summed E-state index contributed by atoms with van der Waals surface area (Å²) in [7, 11) is -1.60. The van der Waals surface area contributed by atoms with E-state index >= 15 is 0 Å². The van der Waals surface area contributed by atoms with Gasteiger partial charge in [-0.15, -0.1) is 0 Å². The van der Waals surface area contributed by atoms with Gasteiger partial charge < -0.3 is 9.47 Å². The predicted molar refractivity (Wildman–Crippen MR) is 111 cm³/mol. The molecule has 0 bridgehead atoms. The minimum absolute atomic E-state index is 0.317. The lowest BCUT2D eigenvalue weighted by molar-refractivity contribution is 0.384. The molecule has 0 amide bonds. The number of fused-ring (bicyclic) bond motifs is 1. The summed E-state index contributed by atoms with van der Waals surface area (Å²) in [5.41, 5.74) is 2.27. The van der Waals surface area contributed by atoms with Crippen LogP contribution in [0.25, 0.3) is 22.6 Å². The van der Waals surface area contributed by atoms with E-state index < -0.39 is 10.0 Å². The molecule has 0 atom stereocenters. The Morgan fingerprint density at radius 2 is 1.80 bits per heavy atom. The summed E-state index contributed by atoms with van der Waals surface area (Å²) in [5, 5.41) is 6.79. The highest BCUT2D eigenvalue weighted by atomic mass is 32.2. The van der Waals surface area contributed by atoms with E-state index in [2.05, 4.69) is 25.1 Å². The Balaban J connectivity index is 1.42. The van der Waals surface area contributed by atoms with E-state index in [9.17, 15) is 8.42 Å². The first kappa shape index (κ1) is 18.7. The van der Waals surface area contributed by atoms with Crippen molar-refractivity contribution in [1.82, 2.24) is 34.0 Å². The number of imidazole rings is 1. The minimum Gasteiger partial charge on any atom is -0.352 e. The zero-order chi connectivity index (χ0) is 20.7. The number of aryl methyl sites for hydroxylation is 1. The molecule has 1 fully saturated rings. The first-order chi connectivity index (χ1) is 14.6. The topological polar surface area (TPSA) is 113 Å². The van der Waals surface area contributed by atoms with Gasteiger partial charge in [0.25, 0.3) is 0 Å². The number of H-pyrrole nitrogens is 1. The van der Waals surface area contributed by atoms with E-state index in [1.807, 2.05) is 17.7 Å². The van der Waals surface area contributed by atoms with Crippen LogP contribution in [0.3, 0.4) is 0 Å². The van der Waals surface area contributed by atoms with Gasteiger partial charge in [-0.2, -0.15) is 9.40 Å². The molecule has 1 aliphatic heterocycles. The predicted octanol–water partition coefficient (Wildman–Crippen LogP) is 1.26.